The number of esters is 1. The fourth-order valence-corrected chi connectivity index (χ4v) is 1.55. The Morgan fingerprint density at radius 3 is 3.07 bits per heavy atom. The van der Waals surface area contributed by atoms with Crippen molar-refractivity contribution in [1.29, 1.82) is 0 Å². The van der Waals surface area contributed by atoms with Gasteiger partial charge in [-0.3, -0.25) is 4.79 Å². The van der Waals surface area contributed by atoms with Gasteiger partial charge in [0.15, 0.2) is 0 Å². The van der Waals surface area contributed by atoms with Crippen LogP contribution in [0, 0.1) is 0 Å². The second kappa shape index (κ2) is 6.79. The summed E-state index contributed by atoms with van der Waals surface area (Å²) in [5.74, 6) is -0.158. The largest absolute Gasteiger partial charge is 0.469 e. The van der Waals surface area contributed by atoms with E-state index in [-0.39, 0.29) is 5.97 Å². The molecular weight excluding hydrogens is 182 g/mol. The van der Waals surface area contributed by atoms with Crippen molar-refractivity contribution in [3.05, 3.63) is 0 Å². The number of ether oxygens (including phenoxy) is 2. The third kappa shape index (κ3) is 4.58. The van der Waals surface area contributed by atoms with Crippen LogP contribution < -0.4 is 5.32 Å². The van der Waals surface area contributed by atoms with Gasteiger partial charge in [-0.25, -0.2) is 0 Å². The van der Waals surface area contributed by atoms with Crippen LogP contribution in [0.5, 0.6) is 0 Å². The van der Waals surface area contributed by atoms with E-state index in [1.165, 1.54) is 20.0 Å². The van der Waals surface area contributed by atoms with Crippen molar-refractivity contribution in [2.24, 2.45) is 0 Å². The maximum atomic E-state index is 10.7. The second-order valence-corrected chi connectivity index (χ2v) is 3.50. The minimum atomic E-state index is -0.158. The van der Waals surface area contributed by atoms with E-state index in [1.807, 2.05) is 0 Å². The van der Waals surface area contributed by atoms with Gasteiger partial charge in [0.1, 0.15) is 0 Å². The predicted octanol–water partition coefficient (Wildman–Crippen LogP) is 0.708. The van der Waals surface area contributed by atoms with Crippen LogP contribution in [-0.4, -0.2) is 38.9 Å². The second-order valence-electron chi connectivity index (χ2n) is 3.50. The van der Waals surface area contributed by atoms with Gasteiger partial charge in [0, 0.05) is 13.2 Å². The van der Waals surface area contributed by atoms with Crippen LogP contribution >= 0.6 is 0 Å². The fourth-order valence-electron chi connectivity index (χ4n) is 1.55. The van der Waals surface area contributed by atoms with Gasteiger partial charge in [-0.05, 0) is 25.8 Å². The van der Waals surface area contributed by atoms with Crippen molar-refractivity contribution < 1.29 is 14.3 Å². The molecule has 1 aliphatic rings. The summed E-state index contributed by atoms with van der Waals surface area (Å²) < 4.78 is 10.00. The molecule has 82 valence electrons. The Balaban J connectivity index is 1.86. The molecule has 1 fully saturated rings. The highest BCUT2D eigenvalue weighted by molar-refractivity contribution is 5.69. The van der Waals surface area contributed by atoms with Crippen LogP contribution in [0.2, 0.25) is 0 Å². The molecule has 4 heteroatoms. The van der Waals surface area contributed by atoms with E-state index in [9.17, 15) is 4.79 Å². The molecule has 1 aliphatic heterocycles. The number of hydrogen-bond acceptors (Lipinski definition) is 4. The van der Waals surface area contributed by atoms with E-state index in [4.69, 9.17) is 4.74 Å². The molecule has 1 atom stereocenters. The molecule has 0 aromatic carbocycles. The minimum Gasteiger partial charge on any atom is -0.469 e. The van der Waals surface area contributed by atoms with Crippen molar-refractivity contribution in [1.82, 2.24) is 5.32 Å². The van der Waals surface area contributed by atoms with E-state index in [0.29, 0.717) is 19.1 Å². The first-order valence-electron chi connectivity index (χ1n) is 5.22. The molecule has 4 nitrogen and oxygen atoms in total. The van der Waals surface area contributed by atoms with Crippen LogP contribution in [0.4, 0.5) is 0 Å². The van der Waals surface area contributed by atoms with Crippen LogP contribution in [0.25, 0.3) is 0 Å². The van der Waals surface area contributed by atoms with Crippen LogP contribution in [-0.2, 0) is 14.3 Å². The first kappa shape index (κ1) is 11.5. The van der Waals surface area contributed by atoms with Gasteiger partial charge in [-0.1, -0.05) is 0 Å². The lowest BCUT2D eigenvalue weighted by Crippen LogP contribution is -2.23. The molecule has 14 heavy (non-hydrogen) atoms. The number of nitrogens with one attached hydrogen (secondary N) is 1. The van der Waals surface area contributed by atoms with E-state index in [0.717, 1.165) is 19.6 Å². The highest BCUT2D eigenvalue weighted by Gasteiger charge is 2.14. The van der Waals surface area contributed by atoms with Gasteiger partial charge >= 0.3 is 5.97 Å². The Morgan fingerprint density at radius 2 is 2.43 bits per heavy atom. The third-order valence-electron chi connectivity index (χ3n) is 2.40. The number of carbonyl (C=O) groups excluding carboxylic acids is 1. The van der Waals surface area contributed by atoms with Crippen LogP contribution in [0.15, 0.2) is 0 Å². The van der Waals surface area contributed by atoms with E-state index < -0.39 is 0 Å². The molecule has 1 rings (SSSR count). The molecule has 1 unspecified atom stereocenters. The lowest BCUT2D eigenvalue weighted by molar-refractivity contribution is -0.140. The monoisotopic (exact) mass is 201 g/mol. The molecule has 0 radical (unpaired) electrons. The van der Waals surface area contributed by atoms with Crippen molar-refractivity contribution in [2.45, 2.75) is 31.8 Å². The predicted molar refractivity (Wildman–Crippen MR) is 53.1 cm³/mol. The normalized spacial score (nSPS) is 21.1. The standard InChI is InChI=1S/C10H19NO3/c1-13-10(12)5-7-11-6-4-9-3-2-8-14-9/h9,11H,2-8H2,1H3. The summed E-state index contributed by atoms with van der Waals surface area (Å²) in [7, 11) is 1.41. The Labute approximate surface area is 85.0 Å². The lowest BCUT2D eigenvalue weighted by Gasteiger charge is -2.09. The van der Waals surface area contributed by atoms with Gasteiger partial charge < -0.3 is 14.8 Å². The highest BCUT2D eigenvalue weighted by atomic mass is 16.5. The summed E-state index contributed by atoms with van der Waals surface area (Å²) in [6.45, 7) is 2.52. The Morgan fingerprint density at radius 1 is 1.57 bits per heavy atom. The van der Waals surface area contributed by atoms with Gasteiger partial charge in [-0.2, -0.15) is 0 Å². The average molecular weight is 201 g/mol. The summed E-state index contributed by atoms with van der Waals surface area (Å²) >= 11 is 0. The van der Waals surface area contributed by atoms with E-state index in [2.05, 4.69) is 10.1 Å². The number of rotatable bonds is 6. The first-order valence-corrected chi connectivity index (χ1v) is 5.22. The zero-order chi connectivity index (χ0) is 10.2. The quantitative estimate of drug-likeness (QED) is 0.508. The number of carbonyl (C=O) groups is 1. The number of hydrogen-bond donors (Lipinski definition) is 1. The lowest BCUT2D eigenvalue weighted by atomic mass is 10.2. The summed E-state index contributed by atoms with van der Waals surface area (Å²) in [5.41, 5.74) is 0. The smallest absolute Gasteiger partial charge is 0.306 e. The summed E-state index contributed by atoms with van der Waals surface area (Å²) in [6.07, 6.45) is 4.29. The topological polar surface area (TPSA) is 47.6 Å². The van der Waals surface area contributed by atoms with Crippen molar-refractivity contribution in [2.75, 3.05) is 26.8 Å². The molecular formula is C10H19NO3. The summed E-state index contributed by atoms with van der Waals surface area (Å²) in [6, 6.07) is 0. The first-order chi connectivity index (χ1) is 6.83. The van der Waals surface area contributed by atoms with Crippen molar-refractivity contribution in [3.63, 3.8) is 0 Å². The molecule has 0 bridgehead atoms. The van der Waals surface area contributed by atoms with Crippen LogP contribution in [0.3, 0.4) is 0 Å². The maximum absolute atomic E-state index is 10.7. The molecule has 0 amide bonds. The zero-order valence-electron chi connectivity index (χ0n) is 8.75. The van der Waals surface area contributed by atoms with E-state index in [1.54, 1.807) is 0 Å². The van der Waals surface area contributed by atoms with Crippen LogP contribution in [0.1, 0.15) is 25.7 Å². The zero-order valence-corrected chi connectivity index (χ0v) is 8.75. The van der Waals surface area contributed by atoms with Gasteiger partial charge in [0.2, 0.25) is 0 Å². The fraction of sp³-hybridized carbons (Fsp3) is 0.900. The molecule has 0 saturated carbocycles. The molecule has 0 spiro atoms. The molecule has 1 N–H and O–H groups in total. The Bertz CT molecular complexity index is 167. The molecule has 0 aromatic heterocycles. The Hall–Kier alpha value is -0.610. The van der Waals surface area contributed by atoms with Gasteiger partial charge in [0.05, 0.1) is 19.6 Å². The van der Waals surface area contributed by atoms with Gasteiger partial charge in [0.25, 0.3) is 0 Å². The number of methoxy groups -OCH3 is 1. The SMILES string of the molecule is COC(=O)CCNCCC1CCCO1. The van der Waals surface area contributed by atoms with E-state index >= 15 is 0 Å². The molecule has 1 saturated heterocycles. The minimum absolute atomic E-state index is 0.158. The van der Waals surface area contributed by atoms with Crippen molar-refractivity contribution >= 4 is 5.97 Å². The summed E-state index contributed by atoms with van der Waals surface area (Å²) in [5, 5.41) is 3.20. The highest BCUT2D eigenvalue weighted by Crippen LogP contribution is 2.14. The van der Waals surface area contributed by atoms with Gasteiger partial charge in [-0.15, -0.1) is 0 Å². The molecule has 1 heterocycles. The molecule has 0 aromatic rings. The van der Waals surface area contributed by atoms with Crippen molar-refractivity contribution in [3.8, 4) is 0 Å². The Kier molecular flexibility index (Phi) is 5.56. The third-order valence-corrected chi connectivity index (χ3v) is 2.40. The average Bonchev–Trinajstić information content (AvgIpc) is 2.69. The molecule has 0 aliphatic carbocycles. The maximum Gasteiger partial charge on any atom is 0.306 e. The summed E-state index contributed by atoms with van der Waals surface area (Å²) in [4.78, 5) is 10.7.